The molecule has 0 radical (unpaired) electrons. The molecular weight excluding hydrogens is 282 g/mol. The van der Waals surface area contributed by atoms with Crippen LogP contribution in [0.3, 0.4) is 0 Å². The first-order chi connectivity index (χ1) is 10.2. The lowest BCUT2D eigenvalue weighted by molar-refractivity contribution is 0.528. The number of hydrogen-bond donors (Lipinski definition) is 1. The van der Waals surface area contributed by atoms with Crippen molar-refractivity contribution in [1.82, 2.24) is 10.2 Å². The van der Waals surface area contributed by atoms with E-state index < -0.39 is 0 Å². The lowest BCUT2D eigenvalue weighted by Gasteiger charge is -2.05. The molecule has 106 valence electrons. The second-order valence-electron chi connectivity index (χ2n) is 4.63. The Bertz CT molecular complexity index is 740. The molecule has 21 heavy (non-hydrogen) atoms. The number of nitrogens with two attached hydrogens (primary N) is 1. The van der Waals surface area contributed by atoms with Gasteiger partial charge < -0.3 is 10.2 Å². The fourth-order valence-corrected chi connectivity index (χ4v) is 2.84. The summed E-state index contributed by atoms with van der Waals surface area (Å²) < 4.78 is 5.69. The van der Waals surface area contributed by atoms with Crippen LogP contribution in [0, 0.1) is 6.92 Å². The highest BCUT2D eigenvalue weighted by atomic mass is 32.2. The van der Waals surface area contributed by atoms with Crippen LogP contribution in [0.5, 0.6) is 0 Å². The van der Waals surface area contributed by atoms with Crippen LogP contribution in [0.2, 0.25) is 0 Å². The molecule has 4 nitrogen and oxygen atoms in total. The second-order valence-corrected chi connectivity index (χ2v) is 5.64. The third kappa shape index (κ3) is 3.08. The molecule has 2 aromatic carbocycles. The number of anilines is 1. The van der Waals surface area contributed by atoms with E-state index in [1.807, 2.05) is 55.5 Å². The van der Waals surface area contributed by atoms with Gasteiger partial charge in [0.15, 0.2) is 0 Å². The summed E-state index contributed by atoms with van der Waals surface area (Å²) in [5.41, 5.74) is 8.73. The van der Waals surface area contributed by atoms with Gasteiger partial charge in [0.05, 0.1) is 5.75 Å². The first-order valence-electron chi connectivity index (χ1n) is 6.60. The van der Waals surface area contributed by atoms with Gasteiger partial charge in [-0.25, -0.2) is 0 Å². The van der Waals surface area contributed by atoms with Gasteiger partial charge >= 0.3 is 0 Å². The van der Waals surface area contributed by atoms with Crippen molar-refractivity contribution in [3.63, 3.8) is 0 Å². The Hall–Kier alpha value is -2.27. The standard InChI is InChI=1S/C16H15N3OS/c1-11-13(17)8-5-9-14(11)21-10-15-18-19-16(20-15)12-6-3-2-4-7-12/h2-9H,10,17H2,1H3. The van der Waals surface area contributed by atoms with Crippen LogP contribution < -0.4 is 5.73 Å². The maximum absolute atomic E-state index is 5.90. The highest BCUT2D eigenvalue weighted by Crippen LogP contribution is 2.29. The first-order valence-corrected chi connectivity index (χ1v) is 7.58. The van der Waals surface area contributed by atoms with E-state index in [-0.39, 0.29) is 0 Å². The van der Waals surface area contributed by atoms with Crippen LogP contribution in [-0.4, -0.2) is 10.2 Å². The van der Waals surface area contributed by atoms with Gasteiger partial charge in [0.2, 0.25) is 11.8 Å². The average Bonchev–Trinajstić information content (AvgIpc) is 2.99. The highest BCUT2D eigenvalue weighted by Gasteiger charge is 2.09. The zero-order chi connectivity index (χ0) is 14.7. The molecule has 0 aliphatic heterocycles. The predicted molar refractivity (Wildman–Crippen MR) is 84.9 cm³/mol. The number of nitrogen functional groups attached to an aromatic ring is 1. The number of aromatic nitrogens is 2. The van der Waals surface area contributed by atoms with Crippen LogP contribution in [-0.2, 0) is 5.75 Å². The number of thioether (sulfide) groups is 1. The second kappa shape index (κ2) is 6.01. The SMILES string of the molecule is Cc1c(N)cccc1SCc1nnc(-c2ccccc2)o1. The molecule has 3 rings (SSSR count). The van der Waals surface area contributed by atoms with Gasteiger partial charge in [0.1, 0.15) is 0 Å². The minimum Gasteiger partial charge on any atom is -0.420 e. The average molecular weight is 297 g/mol. The van der Waals surface area contributed by atoms with E-state index >= 15 is 0 Å². The smallest absolute Gasteiger partial charge is 0.247 e. The van der Waals surface area contributed by atoms with Gasteiger partial charge in [-0.3, -0.25) is 0 Å². The Balaban J connectivity index is 1.72. The van der Waals surface area contributed by atoms with Crippen molar-refractivity contribution in [2.24, 2.45) is 0 Å². The van der Waals surface area contributed by atoms with Crippen molar-refractivity contribution in [2.45, 2.75) is 17.6 Å². The summed E-state index contributed by atoms with van der Waals surface area (Å²) in [5.74, 6) is 1.79. The summed E-state index contributed by atoms with van der Waals surface area (Å²) in [6.45, 7) is 2.01. The molecule has 0 bridgehead atoms. The summed E-state index contributed by atoms with van der Waals surface area (Å²) in [7, 11) is 0. The molecule has 3 aromatic rings. The Morgan fingerprint density at radius 1 is 1.05 bits per heavy atom. The summed E-state index contributed by atoms with van der Waals surface area (Å²) in [5, 5.41) is 8.17. The van der Waals surface area contributed by atoms with Crippen molar-refractivity contribution in [3.8, 4) is 11.5 Å². The zero-order valence-corrected chi connectivity index (χ0v) is 12.4. The molecule has 1 aromatic heterocycles. The molecule has 0 saturated carbocycles. The van der Waals surface area contributed by atoms with E-state index in [4.69, 9.17) is 10.2 Å². The van der Waals surface area contributed by atoms with Crippen LogP contribution in [0.1, 0.15) is 11.5 Å². The van der Waals surface area contributed by atoms with Crippen LogP contribution >= 0.6 is 11.8 Å². The molecule has 0 aliphatic rings. The van der Waals surface area contributed by atoms with Gasteiger partial charge in [-0.1, -0.05) is 24.3 Å². The third-order valence-electron chi connectivity index (χ3n) is 3.16. The summed E-state index contributed by atoms with van der Waals surface area (Å²) in [6.07, 6.45) is 0. The maximum Gasteiger partial charge on any atom is 0.247 e. The summed E-state index contributed by atoms with van der Waals surface area (Å²) in [6, 6.07) is 15.7. The number of rotatable bonds is 4. The molecule has 0 atom stereocenters. The maximum atomic E-state index is 5.90. The lowest BCUT2D eigenvalue weighted by Crippen LogP contribution is -1.91. The number of nitrogens with zero attached hydrogens (tertiary/aromatic N) is 2. The van der Waals surface area contributed by atoms with Crippen LogP contribution in [0.15, 0.2) is 57.8 Å². The molecule has 0 saturated heterocycles. The zero-order valence-electron chi connectivity index (χ0n) is 11.6. The van der Waals surface area contributed by atoms with E-state index in [0.29, 0.717) is 17.5 Å². The van der Waals surface area contributed by atoms with Gasteiger partial charge in [-0.05, 0) is 36.8 Å². The Kier molecular flexibility index (Phi) is 3.92. The first kappa shape index (κ1) is 13.7. The van der Waals surface area contributed by atoms with Gasteiger partial charge in [0, 0.05) is 16.1 Å². The fourth-order valence-electron chi connectivity index (χ4n) is 1.94. The fraction of sp³-hybridized carbons (Fsp3) is 0.125. The van der Waals surface area contributed by atoms with Crippen molar-refractivity contribution in [2.75, 3.05) is 5.73 Å². The molecule has 5 heteroatoms. The van der Waals surface area contributed by atoms with Crippen LogP contribution in [0.25, 0.3) is 11.5 Å². The lowest BCUT2D eigenvalue weighted by atomic mass is 10.2. The molecule has 0 unspecified atom stereocenters. The van der Waals surface area contributed by atoms with E-state index in [9.17, 15) is 0 Å². The van der Waals surface area contributed by atoms with Gasteiger partial charge in [0.25, 0.3) is 0 Å². The third-order valence-corrected chi connectivity index (χ3v) is 4.31. The van der Waals surface area contributed by atoms with Crippen molar-refractivity contribution >= 4 is 17.4 Å². The van der Waals surface area contributed by atoms with Gasteiger partial charge in [-0.15, -0.1) is 22.0 Å². The van der Waals surface area contributed by atoms with Crippen molar-refractivity contribution < 1.29 is 4.42 Å². The number of benzene rings is 2. The monoisotopic (exact) mass is 297 g/mol. The number of hydrogen-bond acceptors (Lipinski definition) is 5. The Morgan fingerprint density at radius 2 is 1.86 bits per heavy atom. The van der Waals surface area contributed by atoms with E-state index in [1.54, 1.807) is 11.8 Å². The Labute approximate surface area is 127 Å². The Morgan fingerprint density at radius 3 is 2.67 bits per heavy atom. The molecular formula is C16H15N3OS. The molecule has 0 fully saturated rings. The summed E-state index contributed by atoms with van der Waals surface area (Å²) >= 11 is 1.65. The largest absolute Gasteiger partial charge is 0.420 e. The normalized spacial score (nSPS) is 10.7. The van der Waals surface area contributed by atoms with Crippen molar-refractivity contribution in [3.05, 3.63) is 60.0 Å². The van der Waals surface area contributed by atoms with Crippen molar-refractivity contribution in [1.29, 1.82) is 0 Å². The molecule has 0 aliphatic carbocycles. The van der Waals surface area contributed by atoms with E-state index in [2.05, 4.69) is 10.2 Å². The minimum absolute atomic E-state index is 0.551. The molecule has 1 heterocycles. The predicted octanol–water partition coefficient (Wildman–Crippen LogP) is 3.92. The quantitative estimate of drug-likeness (QED) is 0.584. The van der Waals surface area contributed by atoms with Gasteiger partial charge in [-0.2, -0.15) is 0 Å². The van der Waals surface area contributed by atoms with E-state index in [1.165, 1.54) is 0 Å². The van der Waals surface area contributed by atoms with E-state index in [0.717, 1.165) is 21.7 Å². The molecule has 0 spiro atoms. The minimum atomic E-state index is 0.551. The molecule has 2 N–H and O–H groups in total. The topological polar surface area (TPSA) is 64.9 Å². The molecule has 0 amide bonds. The van der Waals surface area contributed by atoms with Crippen LogP contribution in [0.4, 0.5) is 5.69 Å². The highest BCUT2D eigenvalue weighted by molar-refractivity contribution is 7.98. The summed E-state index contributed by atoms with van der Waals surface area (Å²) in [4.78, 5) is 1.13.